The number of rotatable bonds is 6. The Labute approximate surface area is 187 Å². The van der Waals surface area contributed by atoms with Gasteiger partial charge in [-0.3, -0.25) is 4.98 Å². The van der Waals surface area contributed by atoms with Crippen LogP contribution in [0.15, 0.2) is 36.5 Å². The Kier molecular flexibility index (Phi) is 7.86. The zero-order chi connectivity index (χ0) is 23.1. The van der Waals surface area contributed by atoms with Crippen LogP contribution in [0.3, 0.4) is 0 Å². The molecule has 0 bridgehead atoms. The lowest BCUT2D eigenvalue weighted by molar-refractivity contribution is 0.105. The van der Waals surface area contributed by atoms with Gasteiger partial charge in [0.2, 0.25) is 0 Å². The molecule has 172 valence electrons. The van der Waals surface area contributed by atoms with Crippen LogP contribution in [0.5, 0.6) is 0 Å². The van der Waals surface area contributed by atoms with E-state index in [1.54, 1.807) is 36.2 Å². The smallest absolute Gasteiger partial charge is 0.409 e. The third-order valence-corrected chi connectivity index (χ3v) is 5.40. The van der Waals surface area contributed by atoms with E-state index in [4.69, 9.17) is 4.74 Å². The number of hydrogen-bond donors (Lipinski definition) is 2. The van der Waals surface area contributed by atoms with Gasteiger partial charge >= 0.3 is 12.1 Å². The Hall–Kier alpha value is -3.36. The number of nitrogens with one attached hydrogen (secondary N) is 2. The molecule has 2 heterocycles. The first-order valence-corrected chi connectivity index (χ1v) is 10.9. The van der Waals surface area contributed by atoms with Crippen molar-refractivity contribution in [3.8, 4) is 0 Å². The van der Waals surface area contributed by atoms with Crippen LogP contribution in [0.4, 0.5) is 25.4 Å². The third-order valence-electron chi connectivity index (χ3n) is 5.40. The molecular formula is C23H30FN5O3. The molecule has 1 atom stereocenters. The van der Waals surface area contributed by atoms with Gasteiger partial charge in [0.25, 0.3) is 0 Å². The highest BCUT2D eigenvalue weighted by atomic mass is 19.1. The van der Waals surface area contributed by atoms with Gasteiger partial charge in [-0.05, 0) is 50.1 Å². The molecule has 2 N–H and O–H groups in total. The van der Waals surface area contributed by atoms with Crippen LogP contribution in [0.2, 0.25) is 0 Å². The number of hydrogen-bond acceptors (Lipinski definition) is 5. The number of pyridine rings is 1. The van der Waals surface area contributed by atoms with Crippen molar-refractivity contribution in [1.29, 1.82) is 0 Å². The summed E-state index contributed by atoms with van der Waals surface area (Å²) >= 11 is 0. The molecule has 1 aliphatic heterocycles. The minimum Gasteiger partial charge on any atom is -0.450 e. The zero-order valence-electron chi connectivity index (χ0n) is 18.7. The number of urea groups is 1. The SMILES string of the molecule is CCOC(=O)N1CCN(c2cc([C@@H](CC)NC(=O)Nc3ccc(C)nc3)ccc2F)CC1. The average molecular weight is 444 g/mol. The van der Waals surface area contributed by atoms with Crippen LogP contribution in [-0.4, -0.2) is 54.8 Å². The molecule has 1 saturated heterocycles. The van der Waals surface area contributed by atoms with E-state index >= 15 is 0 Å². The number of halogens is 1. The number of aryl methyl sites for hydroxylation is 1. The van der Waals surface area contributed by atoms with Gasteiger partial charge in [0.1, 0.15) is 5.82 Å². The van der Waals surface area contributed by atoms with Gasteiger partial charge < -0.3 is 25.2 Å². The fourth-order valence-corrected chi connectivity index (χ4v) is 3.62. The number of benzene rings is 1. The molecule has 2 aromatic rings. The summed E-state index contributed by atoms with van der Waals surface area (Å²) in [5.41, 5.74) is 2.75. The molecular weight excluding hydrogens is 413 g/mol. The molecule has 1 aromatic heterocycles. The van der Waals surface area contributed by atoms with Crippen LogP contribution in [-0.2, 0) is 4.74 Å². The summed E-state index contributed by atoms with van der Waals surface area (Å²) in [6.07, 6.45) is 1.90. The Morgan fingerprint density at radius 3 is 2.53 bits per heavy atom. The normalized spacial score (nSPS) is 14.6. The van der Waals surface area contributed by atoms with Crippen LogP contribution >= 0.6 is 0 Å². The standard InChI is InChI=1S/C23H30FN5O3/c1-4-20(27-22(30)26-18-8-6-16(3)25-15-18)17-7-9-19(24)21(14-17)28-10-12-29(13-11-28)23(31)32-5-2/h6-9,14-15,20H,4-5,10-13H2,1-3H3,(H2,26,27,30)/t20-/m1/s1. The Morgan fingerprint density at radius 2 is 1.91 bits per heavy atom. The van der Waals surface area contributed by atoms with Crippen molar-refractivity contribution in [2.24, 2.45) is 0 Å². The highest BCUT2D eigenvalue weighted by molar-refractivity contribution is 5.89. The summed E-state index contributed by atoms with van der Waals surface area (Å²) in [5.74, 6) is -0.330. The molecule has 0 spiro atoms. The number of anilines is 2. The van der Waals surface area contributed by atoms with Crippen LogP contribution < -0.4 is 15.5 Å². The summed E-state index contributed by atoms with van der Waals surface area (Å²) in [5, 5.41) is 5.72. The molecule has 1 fully saturated rings. The average Bonchev–Trinajstić information content (AvgIpc) is 2.80. The van der Waals surface area contributed by atoms with E-state index in [9.17, 15) is 14.0 Å². The second-order valence-electron chi connectivity index (χ2n) is 7.63. The molecule has 1 aromatic carbocycles. The van der Waals surface area contributed by atoms with Gasteiger partial charge in [-0.25, -0.2) is 14.0 Å². The first-order chi connectivity index (χ1) is 15.4. The minimum absolute atomic E-state index is 0.284. The highest BCUT2D eigenvalue weighted by Gasteiger charge is 2.24. The van der Waals surface area contributed by atoms with E-state index in [1.807, 2.05) is 24.8 Å². The number of amides is 3. The second-order valence-corrected chi connectivity index (χ2v) is 7.63. The predicted octanol–water partition coefficient (Wildman–Crippen LogP) is 4.08. The van der Waals surface area contributed by atoms with E-state index in [0.717, 1.165) is 11.3 Å². The molecule has 3 amide bonds. The van der Waals surface area contributed by atoms with E-state index < -0.39 is 0 Å². The Bertz CT molecular complexity index is 930. The van der Waals surface area contributed by atoms with Gasteiger partial charge in [-0.1, -0.05) is 13.0 Å². The van der Waals surface area contributed by atoms with Gasteiger partial charge in [-0.2, -0.15) is 0 Å². The lowest BCUT2D eigenvalue weighted by Gasteiger charge is -2.36. The first kappa shape index (κ1) is 23.3. The van der Waals surface area contributed by atoms with E-state index in [-0.39, 0.29) is 24.0 Å². The summed E-state index contributed by atoms with van der Waals surface area (Å²) in [4.78, 5) is 32.1. The number of ether oxygens (including phenoxy) is 1. The Balaban J connectivity index is 1.66. The molecule has 1 aliphatic rings. The summed E-state index contributed by atoms with van der Waals surface area (Å²) in [6.45, 7) is 7.87. The molecule has 3 rings (SSSR count). The fraction of sp³-hybridized carbons (Fsp3) is 0.435. The van der Waals surface area contributed by atoms with E-state index in [0.29, 0.717) is 50.6 Å². The van der Waals surface area contributed by atoms with Gasteiger partial charge in [-0.15, -0.1) is 0 Å². The topological polar surface area (TPSA) is 86.8 Å². The molecule has 0 aliphatic carbocycles. The zero-order valence-corrected chi connectivity index (χ0v) is 18.7. The minimum atomic E-state index is -0.351. The van der Waals surface area contributed by atoms with Gasteiger partial charge in [0.15, 0.2) is 0 Å². The van der Waals surface area contributed by atoms with Crippen LogP contribution in [0.1, 0.15) is 37.6 Å². The van der Waals surface area contributed by atoms with Crippen LogP contribution in [0.25, 0.3) is 0 Å². The number of aromatic nitrogens is 1. The molecule has 9 heteroatoms. The maximum absolute atomic E-state index is 14.6. The van der Waals surface area contributed by atoms with Gasteiger partial charge in [0.05, 0.1) is 30.2 Å². The maximum Gasteiger partial charge on any atom is 0.409 e. The predicted molar refractivity (Wildman–Crippen MR) is 121 cm³/mol. The monoisotopic (exact) mass is 443 g/mol. The third kappa shape index (κ3) is 5.87. The number of nitrogens with zero attached hydrogens (tertiary/aromatic N) is 3. The molecule has 0 radical (unpaired) electrons. The van der Waals surface area contributed by atoms with Gasteiger partial charge in [0, 0.05) is 31.9 Å². The number of carbonyl (C=O) groups excluding carboxylic acids is 2. The fourth-order valence-electron chi connectivity index (χ4n) is 3.62. The second kappa shape index (κ2) is 10.8. The van der Waals surface area contributed by atoms with Crippen molar-refractivity contribution < 1.29 is 18.7 Å². The lowest BCUT2D eigenvalue weighted by atomic mass is 10.0. The van der Waals surface area contributed by atoms with Crippen molar-refractivity contribution >= 4 is 23.5 Å². The summed E-state index contributed by atoms with van der Waals surface area (Å²) in [6, 6.07) is 7.86. The maximum atomic E-state index is 14.6. The van der Waals surface area contributed by atoms with Crippen molar-refractivity contribution in [3.63, 3.8) is 0 Å². The summed E-state index contributed by atoms with van der Waals surface area (Å²) in [7, 11) is 0. The van der Waals surface area contributed by atoms with E-state index in [2.05, 4.69) is 15.6 Å². The molecule has 32 heavy (non-hydrogen) atoms. The lowest BCUT2D eigenvalue weighted by Crippen LogP contribution is -2.49. The molecule has 8 nitrogen and oxygen atoms in total. The molecule has 0 saturated carbocycles. The quantitative estimate of drug-likeness (QED) is 0.703. The highest BCUT2D eigenvalue weighted by Crippen LogP contribution is 2.27. The number of piperazine rings is 1. The number of carbonyl (C=O) groups is 2. The first-order valence-electron chi connectivity index (χ1n) is 10.9. The molecule has 0 unspecified atom stereocenters. The largest absolute Gasteiger partial charge is 0.450 e. The van der Waals surface area contributed by atoms with E-state index in [1.165, 1.54) is 6.07 Å². The van der Waals surface area contributed by atoms with Crippen molar-refractivity contribution in [2.45, 2.75) is 33.2 Å². The van der Waals surface area contributed by atoms with Crippen molar-refractivity contribution in [2.75, 3.05) is 43.0 Å². The van der Waals surface area contributed by atoms with Crippen molar-refractivity contribution in [3.05, 3.63) is 53.6 Å². The Morgan fingerprint density at radius 1 is 1.16 bits per heavy atom. The summed E-state index contributed by atoms with van der Waals surface area (Å²) < 4.78 is 19.7. The van der Waals surface area contributed by atoms with Crippen LogP contribution in [0, 0.1) is 12.7 Å². The van der Waals surface area contributed by atoms with Crippen molar-refractivity contribution in [1.82, 2.24) is 15.2 Å².